The van der Waals surface area contributed by atoms with Crippen molar-refractivity contribution in [2.45, 2.75) is 18.8 Å². The zero-order valence-electron chi connectivity index (χ0n) is 9.69. The highest BCUT2D eigenvalue weighted by Gasteiger charge is 2.18. The van der Waals surface area contributed by atoms with Gasteiger partial charge < -0.3 is 14.8 Å². The van der Waals surface area contributed by atoms with Gasteiger partial charge in [0.1, 0.15) is 0 Å². The van der Waals surface area contributed by atoms with Gasteiger partial charge in [-0.25, -0.2) is 0 Å². The van der Waals surface area contributed by atoms with E-state index in [0.29, 0.717) is 17.8 Å². The van der Waals surface area contributed by atoms with Gasteiger partial charge in [0.15, 0.2) is 0 Å². The molecule has 2 rings (SSSR count). The van der Waals surface area contributed by atoms with Crippen LogP contribution in [0.15, 0.2) is 6.07 Å². The molecule has 88 valence electrons. The maximum atomic E-state index is 5.14. The van der Waals surface area contributed by atoms with Crippen LogP contribution in [0.5, 0.6) is 11.9 Å². The smallest absolute Gasteiger partial charge is 0.319 e. The van der Waals surface area contributed by atoms with Gasteiger partial charge in [-0.3, -0.25) is 0 Å². The first-order chi connectivity index (χ1) is 7.83. The summed E-state index contributed by atoms with van der Waals surface area (Å²) in [7, 11) is 3.18. The van der Waals surface area contributed by atoms with Gasteiger partial charge in [0.2, 0.25) is 5.88 Å². The van der Waals surface area contributed by atoms with E-state index in [0.717, 1.165) is 31.6 Å². The van der Waals surface area contributed by atoms with Crippen molar-refractivity contribution >= 4 is 0 Å². The lowest BCUT2D eigenvalue weighted by Crippen LogP contribution is -2.27. The van der Waals surface area contributed by atoms with Gasteiger partial charge in [0.25, 0.3) is 0 Å². The molecule has 1 saturated heterocycles. The van der Waals surface area contributed by atoms with Crippen LogP contribution in [0, 0.1) is 0 Å². The number of aromatic nitrogens is 2. The third-order valence-electron chi connectivity index (χ3n) is 2.85. The minimum absolute atomic E-state index is 0.382. The molecule has 16 heavy (non-hydrogen) atoms. The van der Waals surface area contributed by atoms with Crippen molar-refractivity contribution in [3.8, 4) is 11.9 Å². The number of ether oxygens (including phenoxy) is 2. The molecule has 0 aromatic carbocycles. The predicted octanol–water partition coefficient (Wildman–Crippen LogP) is 0.961. The van der Waals surface area contributed by atoms with Crippen molar-refractivity contribution in [2.24, 2.45) is 0 Å². The highest BCUT2D eigenvalue weighted by molar-refractivity contribution is 5.22. The molecular formula is C11H17N3O2. The maximum Gasteiger partial charge on any atom is 0.319 e. The van der Waals surface area contributed by atoms with Crippen LogP contribution in [0.2, 0.25) is 0 Å². The second-order valence-corrected chi connectivity index (χ2v) is 3.85. The van der Waals surface area contributed by atoms with Crippen LogP contribution in [-0.4, -0.2) is 37.3 Å². The third kappa shape index (κ3) is 2.41. The molecule has 1 aliphatic heterocycles. The van der Waals surface area contributed by atoms with Crippen LogP contribution < -0.4 is 14.8 Å². The SMILES string of the molecule is COc1cc(C2CCNCC2)nc(OC)n1. The Kier molecular flexibility index (Phi) is 3.56. The summed E-state index contributed by atoms with van der Waals surface area (Å²) < 4.78 is 10.2. The van der Waals surface area contributed by atoms with E-state index >= 15 is 0 Å². The number of rotatable bonds is 3. The van der Waals surface area contributed by atoms with Crippen molar-refractivity contribution in [1.29, 1.82) is 0 Å². The molecular weight excluding hydrogens is 206 g/mol. The van der Waals surface area contributed by atoms with Gasteiger partial charge >= 0.3 is 6.01 Å². The highest BCUT2D eigenvalue weighted by Crippen LogP contribution is 2.26. The van der Waals surface area contributed by atoms with E-state index in [-0.39, 0.29) is 0 Å². The standard InChI is InChI=1S/C11H17N3O2/c1-15-10-7-9(13-11(14-10)16-2)8-3-5-12-6-4-8/h7-8,12H,3-6H2,1-2H3. The minimum Gasteiger partial charge on any atom is -0.481 e. The Labute approximate surface area is 95.2 Å². The lowest BCUT2D eigenvalue weighted by Gasteiger charge is -2.22. The average molecular weight is 223 g/mol. The maximum absolute atomic E-state index is 5.14. The molecule has 1 aliphatic rings. The number of nitrogens with one attached hydrogen (secondary N) is 1. The molecule has 0 unspecified atom stereocenters. The van der Waals surface area contributed by atoms with Crippen molar-refractivity contribution in [3.63, 3.8) is 0 Å². The zero-order chi connectivity index (χ0) is 11.4. The number of methoxy groups -OCH3 is 2. The van der Waals surface area contributed by atoms with Gasteiger partial charge in [-0.15, -0.1) is 0 Å². The summed E-state index contributed by atoms with van der Waals surface area (Å²) in [6, 6.07) is 2.28. The van der Waals surface area contributed by atoms with E-state index in [2.05, 4.69) is 15.3 Å². The summed E-state index contributed by atoms with van der Waals surface area (Å²) >= 11 is 0. The van der Waals surface area contributed by atoms with Crippen LogP contribution in [0.1, 0.15) is 24.5 Å². The van der Waals surface area contributed by atoms with E-state index < -0.39 is 0 Å². The number of nitrogens with zero attached hydrogens (tertiary/aromatic N) is 2. The average Bonchev–Trinajstić information content (AvgIpc) is 2.39. The summed E-state index contributed by atoms with van der Waals surface area (Å²) in [5, 5.41) is 3.34. The van der Waals surface area contributed by atoms with Crippen molar-refractivity contribution < 1.29 is 9.47 Å². The molecule has 0 spiro atoms. The molecule has 1 fully saturated rings. The van der Waals surface area contributed by atoms with Crippen LogP contribution in [0.25, 0.3) is 0 Å². The number of hydrogen-bond donors (Lipinski definition) is 1. The molecule has 0 atom stereocenters. The lowest BCUT2D eigenvalue weighted by atomic mass is 9.94. The molecule has 0 saturated carbocycles. The van der Waals surface area contributed by atoms with E-state index in [1.165, 1.54) is 0 Å². The Hall–Kier alpha value is -1.36. The first-order valence-corrected chi connectivity index (χ1v) is 5.51. The van der Waals surface area contributed by atoms with Gasteiger partial charge in [-0.1, -0.05) is 0 Å². The van der Waals surface area contributed by atoms with Gasteiger partial charge in [0.05, 0.1) is 19.9 Å². The highest BCUT2D eigenvalue weighted by atomic mass is 16.5. The fourth-order valence-electron chi connectivity index (χ4n) is 1.94. The first-order valence-electron chi connectivity index (χ1n) is 5.51. The molecule has 0 radical (unpaired) electrons. The zero-order valence-corrected chi connectivity index (χ0v) is 9.69. The monoisotopic (exact) mass is 223 g/mol. The Bertz CT molecular complexity index is 329. The van der Waals surface area contributed by atoms with E-state index in [1.807, 2.05) is 6.07 Å². The Morgan fingerprint density at radius 1 is 1.19 bits per heavy atom. The van der Waals surface area contributed by atoms with Crippen LogP contribution in [0.3, 0.4) is 0 Å². The van der Waals surface area contributed by atoms with E-state index in [9.17, 15) is 0 Å². The van der Waals surface area contributed by atoms with Crippen molar-refractivity contribution in [1.82, 2.24) is 15.3 Å². The Balaban J connectivity index is 2.24. The second-order valence-electron chi connectivity index (χ2n) is 3.85. The third-order valence-corrected chi connectivity index (χ3v) is 2.85. The topological polar surface area (TPSA) is 56.3 Å². The minimum atomic E-state index is 0.382. The summed E-state index contributed by atoms with van der Waals surface area (Å²) in [5.41, 5.74) is 1.02. The Morgan fingerprint density at radius 2 is 1.94 bits per heavy atom. The summed E-state index contributed by atoms with van der Waals surface area (Å²) in [6.07, 6.45) is 2.20. The van der Waals surface area contributed by atoms with Crippen molar-refractivity contribution in [3.05, 3.63) is 11.8 Å². The van der Waals surface area contributed by atoms with Crippen LogP contribution in [0.4, 0.5) is 0 Å². The van der Waals surface area contributed by atoms with Gasteiger partial charge in [0, 0.05) is 12.0 Å². The molecule has 5 heteroatoms. The number of piperidine rings is 1. The van der Waals surface area contributed by atoms with E-state index in [4.69, 9.17) is 9.47 Å². The molecule has 0 aliphatic carbocycles. The summed E-state index contributed by atoms with van der Waals surface area (Å²) in [6.45, 7) is 2.08. The summed E-state index contributed by atoms with van der Waals surface area (Å²) in [4.78, 5) is 8.48. The van der Waals surface area contributed by atoms with Gasteiger partial charge in [-0.05, 0) is 25.9 Å². The molecule has 2 heterocycles. The molecule has 0 bridgehead atoms. The lowest BCUT2D eigenvalue weighted by molar-refractivity contribution is 0.345. The van der Waals surface area contributed by atoms with Crippen LogP contribution in [-0.2, 0) is 0 Å². The fraction of sp³-hybridized carbons (Fsp3) is 0.636. The van der Waals surface area contributed by atoms with E-state index in [1.54, 1.807) is 14.2 Å². The number of hydrogen-bond acceptors (Lipinski definition) is 5. The quantitative estimate of drug-likeness (QED) is 0.827. The molecule has 1 aromatic rings. The van der Waals surface area contributed by atoms with Crippen molar-refractivity contribution in [2.75, 3.05) is 27.3 Å². The molecule has 5 nitrogen and oxygen atoms in total. The predicted molar refractivity (Wildman–Crippen MR) is 60.0 cm³/mol. The Morgan fingerprint density at radius 3 is 2.56 bits per heavy atom. The largest absolute Gasteiger partial charge is 0.481 e. The molecule has 1 aromatic heterocycles. The summed E-state index contributed by atoms with van der Waals surface area (Å²) in [5.74, 6) is 1.05. The van der Waals surface area contributed by atoms with Crippen LogP contribution >= 0.6 is 0 Å². The molecule has 1 N–H and O–H groups in total. The van der Waals surface area contributed by atoms with Gasteiger partial charge in [-0.2, -0.15) is 9.97 Å². The normalized spacial score (nSPS) is 17.1. The molecule has 0 amide bonds. The first kappa shape index (κ1) is 11.1. The second kappa shape index (κ2) is 5.12. The fourth-order valence-corrected chi connectivity index (χ4v) is 1.94.